The molecule has 1 aromatic carbocycles. The van der Waals surface area contributed by atoms with Crippen molar-refractivity contribution in [3.63, 3.8) is 0 Å². The lowest BCUT2D eigenvalue weighted by Crippen LogP contribution is -2.05. The smallest absolute Gasteiger partial charge is 0.0202 e. The first kappa shape index (κ1) is 10.3. The first-order chi connectivity index (χ1) is 6.27. The summed E-state index contributed by atoms with van der Waals surface area (Å²) in [6.07, 6.45) is 1.21. The monoisotopic (exact) mass is 177 g/mol. The predicted octanol–water partition coefficient (Wildman–Crippen LogP) is 2.92. The highest BCUT2D eigenvalue weighted by Gasteiger charge is 2.02. The van der Waals surface area contributed by atoms with Crippen molar-refractivity contribution in [2.75, 3.05) is 7.05 Å². The van der Waals surface area contributed by atoms with Crippen LogP contribution in [0.25, 0.3) is 0 Å². The summed E-state index contributed by atoms with van der Waals surface area (Å²) in [5.74, 6) is 0.678. The van der Waals surface area contributed by atoms with Crippen LogP contribution >= 0.6 is 0 Å². The van der Waals surface area contributed by atoms with E-state index in [4.69, 9.17) is 0 Å². The van der Waals surface area contributed by atoms with E-state index < -0.39 is 0 Å². The van der Waals surface area contributed by atoms with Gasteiger partial charge in [0, 0.05) is 6.54 Å². The molecule has 1 nitrogen and oxygen atoms in total. The normalized spacial score (nSPS) is 12.8. The Kier molecular flexibility index (Phi) is 3.97. The third kappa shape index (κ3) is 2.85. The second kappa shape index (κ2) is 5.03. The molecule has 72 valence electrons. The number of rotatable bonds is 4. The van der Waals surface area contributed by atoms with Crippen LogP contribution in [0.15, 0.2) is 24.3 Å². The van der Waals surface area contributed by atoms with E-state index in [1.807, 2.05) is 7.05 Å². The van der Waals surface area contributed by atoms with Gasteiger partial charge in [0.05, 0.1) is 0 Å². The van der Waals surface area contributed by atoms with Crippen LogP contribution in [0.5, 0.6) is 0 Å². The molecule has 1 atom stereocenters. The third-order valence-electron chi connectivity index (χ3n) is 2.51. The van der Waals surface area contributed by atoms with Crippen molar-refractivity contribution in [2.45, 2.75) is 32.7 Å². The molecule has 0 spiro atoms. The molecule has 0 amide bonds. The maximum atomic E-state index is 3.17. The summed E-state index contributed by atoms with van der Waals surface area (Å²) in [4.78, 5) is 0. The Hall–Kier alpha value is -0.820. The van der Waals surface area contributed by atoms with Crippen LogP contribution in [-0.2, 0) is 6.54 Å². The molecular weight excluding hydrogens is 158 g/mol. The molecule has 0 aliphatic carbocycles. The quantitative estimate of drug-likeness (QED) is 0.745. The third-order valence-corrected chi connectivity index (χ3v) is 2.51. The van der Waals surface area contributed by atoms with Crippen molar-refractivity contribution in [3.8, 4) is 0 Å². The number of nitrogens with one attached hydrogen (secondary N) is 1. The van der Waals surface area contributed by atoms with E-state index in [-0.39, 0.29) is 0 Å². The lowest BCUT2D eigenvalue weighted by molar-refractivity contribution is 0.729. The lowest BCUT2D eigenvalue weighted by Gasteiger charge is -2.10. The molecule has 0 saturated heterocycles. The van der Waals surface area contributed by atoms with E-state index in [0.29, 0.717) is 5.92 Å². The number of benzene rings is 1. The summed E-state index contributed by atoms with van der Waals surface area (Å²) < 4.78 is 0. The Balaban J connectivity index is 2.78. The molecule has 1 heteroatoms. The zero-order chi connectivity index (χ0) is 9.68. The second-order valence-corrected chi connectivity index (χ2v) is 3.58. The molecule has 1 aromatic rings. The molecule has 0 aromatic heterocycles. The predicted molar refractivity (Wildman–Crippen MR) is 57.9 cm³/mol. The summed E-state index contributed by atoms with van der Waals surface area (Å²) >= 11 is 0. The van der Waals surface area contributed by atoms with Gasteiger partial charge in [-0.25, -0.2) is 0 Å². The topological polar surface area (TPSA) is 12.0 Å². The van der Waals surface area contributed by atoms with Crippen LogP contribution in [0.3, 0.4) is 0 Å². The fourth-order valence-electron chi connectivity index (χ4n) is 1.45. The van der Waals surface area contributed by atoms with Gasteiger partial charge in [-0.15, -0.1) is 0 Å². The molecule has 0 heterocycles. The largest absolute Gasteiger partial charge is 0.316 e. The Labute approximate surface area is 81.2 Å². The van der Waals surface area contributed by atoms with Gasteiger partial charge < -0.3 is 5.32 Å². The Morgan fingerprint density at radius 3 is 2.77 bits per heavy atom. The molecule has 0 aliphatic rings. The zero-order valence-electron chi connectivity index (χ0n) is 8.80. The fraction of sp³-hybridized carbons (Fsp3) is 0.500. The summed E-state index contributed by atoms with van der Waals surface area (Å²) in [5.41, 5.74) is 2.83. The molecule has 0 aliphatic heterocycles. The number of hydrogen-bond donors (Lipinski definition) is 1. The second-order valence-electron chi connectivity index (χ2n) is 3.58. The van der Waals surface area contributed by atoms with Gasteiger partial charge in [-0.1, -0.05) is 38.1 Å². The van der Waals surface area contributed by atoms with Gasteiger partial charge >= 0.3 is 0 Å². The SMILES string of the molecule is CCC(C)c1cccc(CNC)c1. The van der Waals surface area contributed by atoms with Crippen molar-refractivity contribution < 1.29 is 0 Å². The van der Waals surface area contributed by atoms with Crippen molar-refractivity contribution in [3.05, 3.63) is 35.4 Å². The van der Waals surface area contributed by atoms with E-state index in [9.17, 15) is 0 Å². The van der Waals surface area contributed by atoms with Gasteiger partial charge in [0.15, 0.2) is 0 Å². The summed E-state index contributed by atoms with van der Waals surface area (Å²) in [6.45, 7) is 5.47. The van der Waals surface area contributed by atoms with Crippen molar-refractivity contribution in [1.82, 2.24) is 5.32 Å². The highest BCUT2D eigenvalue weighted by molar-refractivity contribution is 5.25. The first-order valence-electron chi connectivity index (χ1n) is 5.01. The zero-order valence-corrected chi connectivity index (χ0v) is 8.80. The van der Waals surface area contributed by atoms with Gasteiger partial charge in [-0.2, -0.15) is 0 Å². The minimum Gasteiger partial charge on any atom is -0.316 e. The van der Waals surface area contributed by atoms with Crippen molar-refractivity contribution in [2.24, 2.45) is 0 Å². The summed E-state index contributed by atoms with van der Waals surface area (Å²) in [5, 5.41) is 3.17. The molecule has 1 rings (SSSR count). The number of hydrogen-bond acceptors (Lipinski definition) is 1. The Bertz CT molecular complexity index is 255. The molecule has 0 radical (unpaired) electrons. The van der Waals surface area contributed by atoms with Gasteiger partial charge in [-0.3, -0.25) is 0 Å². The summed E-state index contributed by atoms with van der Waals surface area (Å²) in [7, 11) is 1.98. The van der Waals surface area contributed by atoms with Crippen LogP contribution in [0.4, 0.5) is 0 Å². The van der Waals surface area contributed by atoms with E-state index in [1.165, 1.54) is 17.5 Å². The lowest BCUT2D eigenvalue weighted by atomic mass is 9.97. The highest BCUT2D eigenvalue weighted by Crippen LogP contribution is 2.19. The maximum Gasteiger partial charge on any atom is 0.0202 e. The van der Waals surface area contributed by atoms with Gasteiger partial charge in [0.25, 0.3) is 0 Å². The Morgan fingerprint density at radius 2 is 2.15 bits per heavy atom. The molecule has 1 unspecified atom stereocenters. The molecule has 0 bridgehead atoms. The van der Waals surface area contributed by atoms with Crippen LogP contribution in [0, 0.1) is 0 Å². The molecule has 0 saturated carbocycles. The molecule has 0 fully saturated rings. The summed E-state index contributed by atoms with van der Waals surface area (Å²) in [6, 6.07) is 8.83. The fourth-order valence-corrected chi connectivity index (χ4v) is 1.45. The van der Waals surface area contributed by atoms with Gasteiger partial charge in [0.2, 0.25) is 0 Å². The van der Waals surface area contributed by atoms with Crippen LogP contribution < -0.4 is 5.32 Å². The van der Waals surface area contributed by atoms with Gasteiger partial charge in [0.1, 0.15) is 0 Å². The average molecular weight is 177 g/mol. The van der Waals surface area contributed by atoms with Crippen molar-refractivity contribution >= 4 is 0 Å². The van der Waals surface area contributed by atoms with Crippen molar-refractivity contribution in [1.29, 1.82) is 0 Å². The standard InChI is InChI=1S/C12H19N/c1-4-10(2)12-7-5-6-11(8-12)9-13-3/h5-8,10,13H,4,9H2,1-3H3. The minimum absolute atomic E-state index is 0.678. The first-order valence-corrected chi connectivity index (χ1v) is 5.01. The van der Waals surface area contributed by atoms with Gasteiger partial charge in [-0.05, 0) is 30.5 Å². The molecular formula is C12H19N. The van der Waals surface area contributed by atoms with Crippen LogP contribution in [-0.4, -0.2) is 7.05 Å². The maximum absolute atomic E-state index is 3.17. The van der Waals surface area contributed by atoms with Crippen LogP contribution in [0.1, 0.15) is 37.3 Å². The van der Waals surface area contributed by atoms with E-state index in [1.54, 1.807) is 0 Å². The molecule has 1 N–H and O–H groups in total. The van der Waals surface area contributed by atoms with E-state index in [0.717, 1.165) is 6.54 Å². The molecule has 13 heavy (non-hydrogen) atoms. The average Bonchev–Trinajstić information content (AvgIpc) is 2.18. The van der Waals surface area contributed by atoms with E-state index in [2.05, 4.69) is 43.4 Å². The highest BCUT2D eigenvalue weighted by atomic mass is 14.8. The Morgan fingerprint density at radius 1 is 1.38 bits per heavy atom. The van der Waals surface area contributed by atoms with Crippen LogP contribution in [0.2, 0.25) is 0 Å². The minimum atomic E-state index is 0.678. The van der Waals surface area contributed by atoms with E-state index >= 15 is 0 Å².